The molecule has 168 valence electrons. The Hall–Kier alpha value is 0.907. The van der Waals surface area contributed by atoms with Gasteiger partial charge >= 0.3 is 29.6 Å². The maximum absolute atomic E-state index is 10.1. The zero-order valence-electron chi connectivity index (χ0n) is 17.9. The van der Waals surface area contributed by atoms with Crippen LogP contribution in [0.4, 0.5) is 0 Å². The van der Waals surface area contributed by atoms with Crippen LogP contribution in [0.25, 0.3) is 6.08 Å². The number of ether oxygens (including phenoxy) is 1. The number of hydrogen-bond donors (Lipinski definition) is 0. The zero-order chi connectivity index (χ0) is 22.4. The number of nitrogens with zero attached hydrogens (tertiary/aromatic N) is 2. The van der Waals surface area contributed by atoms with Crippen LogP contribution in [-0.4, -0.2) is 30.2 Å². The topological polar surface area (TPSA) is 52.1 Å². The fourth-order valence-corrected chi connectivity index (χ4v) is 2.28. The molecule has 0 amide bonds. The molecule has 0 aromatic carbocycles. The maximum Gasteiger partial charge on any atom is 1.00 e. The van der Waals surface area contributed by atoms with Gasteiger partial charge in [-0.25, -0.2) is 9.97 Å². The summed E-state index contributed by atoms with van der Waals surface area (Å²) in [5.41, 5.74) is 1.49. The molecule has 12 heteroatoms. The van der Waals surface area contributed by atoms with Crippen molar-refractivity contribution in [2.24, 2.45) is 0 Å². The van der Waals surface area contributed by atoms with Gasteiger partial charge in [0.1, 0.15) is 34.3 Å². The van der Waals surface area contributed by atoms with Gasteiger partial charge in [0.15, 0.2) is 0 Å². The summed E-state index contributed by atoms with van der Waals surface area (Å²) in [4.78, 5) is 17.7. The summed E-state index contributed by atoms with van der Waals surface area (Å²) in [6.45, 7) is 8.82. The molecule has 2 aromatic rings. The standard InChI is InChI=1S/C9H9Cl2NO.C7H5Cl2NO.C3H9ClSi.HI.Na/c1-2-13-6-5-7-3-4-8(10)12-9(7)11;8-6-2-1-5(3-4-11)7(9)10-6;1-5(2,3)4;;/h3-6H,2H2,1H3;1-2,4H,3H2;1-3H3;1H;/q;;;;+1/p-1/b6-5+;;;;. The van der Waals surface area contributed by atoms with Crippen LogP contribution in [0.3, 0.4) is 0 Å². The van der Waals surface area contributed by atoms with Gasteiger partial charge in [-0.2, -0.15) is 11.1 Å². The van der Waals surface area contributed by atoms with Gasteiger partial charge in [0.25, 0.3) is 0 Å². The normalized spacial score (nSPS) is 9.84. The first-order chi connectivity index (χ1) is 13.5. The first-order valence-corrected chi connectivity index (χ1v) is 14.5. The molecule has 0 fully saturated rings. The first-order valence-electron chi connectivity index (χ1n) is 8.51. The molecule has 2 rings (SSSR count). The minimum absolute atomic E-state index is 0. The van der Waals surface area contributed by atoms with E-state index in [0.29, 0.717) is 32.8 Å². The van der Waals surface area contributed by atoms with Gasteiger partial charge in [-0.1, -0.05) is 72.1 Å². The average Bonchev–Trinajstić information content (AvgIpc) is 2.59. The first kappa shape index (κ1) is 36.5. The van der Waals surface area contributed by atoms with Crippen molar-refractivity contribution < 1.29 is 63.1 Å². The Morgan fingerprint density at radius 3 is 1.87 bits per heavy atom. The summed E-state index contributed by atoms with van der Waals surface area (Å²) in [5, 5.41) is 1.40. The average molecular weight is 667 g/mol. The molecular formula is C19H23Cl5IN2NaO2Si. The Kier molecular flexibility index (Phi) is 23.9. The number of carbonyl (C=O) groups excluding carboxylic acids is 1. The van der Waals surface area contributed by atoms with Crippen LogP contribution in [0.5, 0.6) is 0 Å². The summed E-state index contributed by atoms with van der Waals surface area (Å²) in [5.74, 6) is 0. The molecule has 0 spiro atoms. The number of halogens is 6. The Bertz CT molecular complexity index is 805. The summed E-state index contributed by atoms with van der Waals surface area (Å²) < 4.78 is 5.02. The van der Waals surface area contributed by atoms with Gasteiger partial charge in [-0.3, -0.25) is 0 Å². The Morgan fingerprint density at radius 2 is 1.45 bits per heavy atom. The van der Waals surface area contributed by atoms with Gasteiger partial charge in [0.05, 0.1) is 12.9 Å². The summed E-state index contributed by atoms with van der Waals surface area (Å²) in [7, 11) is -1.14. The monoisotopic (exact) mass is 664 g/mol. The van der Waals surface area contributed by atoms with E-state index in [4.69, 9.17) is 62.2 Å². The van der Waals surface area contributed by atoms with E-state index in [1.165, 1.54) is 0 Å². The van der Waals surface area contributed by atoms with E-state index < -0.39 is 7.38 Å². The van der Waals surface area contributed by atoms with E-state index >= 15 is 0 Å². The molecule has 0 radical (unpaired) electrons. The van der Waals surface area contributed by atoms with Crippen molar-refractivity contribution >= 4 is 77.2 Å². The number of carbonyl (C=O) groups is 1. The third-order valence-electron chi connectivity index (χ3n) is 2.55. The van der Waals surface area contributed by atoms with Gasteiger partial charge in [0.2, 0.25) is 0 Å². The van der Waals surface area contributed by atoms with Crippen LogP contribution in [-0.2, 0) is 16.0 Å². The molecule has 0 aliphatic rings. The van der Waals surface area contributed by atoms with Crippen molar-refractivity contribution in [2.75, 3.05) is 6.61 Å². The second-order valence-corrected chi connectivity index (χ2v) is 15.3. The third-order valence-corrected chi connectivity index (χ3v) is 3.60. The van der Waals surface area contributed by atoms with Crippen molar-refractivity contribution in [3.8, 4) is 0 Å². The Labute approximate surface area is 249 Å². The van der Waals surface area contributed by atoms with Gasteiger partial charge in [-0.05, 0) is 36.8 Å². The number of hydrogen-bond acceptors (Lipinski definition) is 4. The molecule has 4 nitrogen and oxygen atoms in total. The molecule has 0 saturated heterocycles. The van der Waals surface area contributed by atoms with E-state index in [9.17, 15) is 4.79 Å². The van der Waals surface area contributed by atoms with Crippen LogP contribution >= 0.6 is 57.5 Å². The molecule has 0 atom stereocenters. The number of pyridine rings is 2. The van der Waals surface area contributed by atoms with Crippen LogP contribution in [0.2, 0.25) is 40.3 Å². The number of aldehydes is 1. The zero-order valence-corrected chi connectivity index (χ0v) is 26.9. The van der Waals surface area contributed by atoms with E-state index in [-0.39, 0.29) is 60.0 Å². The van der Waals surface area contributed by atoms with Crippen LogP contribution in [0.1, 0.15) is 18.1 Å². The van der Waals surface area contributed by atoms with Gasteiger partial charge in [0, 0.05) is 12.0 Å². The van der Waals surface area contributed by atoms with Crippen molar-refractivity contribution in [2.45, 2.75) is 33.0 Å². The van der Waals surface area contributed by atoms with E-state index in [1.54, 1.807) is 36.6 Å². The summed E-state index contributed by atoms with van der Waals surface area (Å²) in [6.07, 6.45) is 4.38. The summed E-state index contributed by atoms with van der Waals surface area (Å²) in [6, 6.07) is 6.75. The molecule has 2 aromatic heterocycles. The molecule has 0 bridgehead atoms. The smallest absolute Gasteiger partial charge is 1.00 e. The van der Waals surface area contributed by atoms with E-state index in [1.807, 2.05) is 6.92 Å². The molecule has 31 heavy (non-hydrogen) atoms. The van der Waals surface area contributed by atoms with Crippen LogP contribution in [0.15, 0.2) is 30.5 Å². The predicted octanol–water partition coefficient (Wildman–Crippen LogP) is 1.59. The Balaban J connectivity index is -0.000000399. The van der Waals surface area contributed by atoms with Crippen molar-refractivity contribution in [3.05, 3.63) is 62.3 Å². The molecule has 0 N–H and O–H groups in total. The molecule has 2 heterocycles. The second-order valence-electron chi connectivity index (χ2n) is 6.29. The number of aromatic nitrogens is 2. The van der Waals surface area contributed by atoms with E-state index in [2.05, 4.69) is 29.6 Å². The predicted molar refractivity (Wildman–Crippen MR) is 128 cm³/mol. The third kappa shape index (κ3) is 21.2. The SMILES string of the molecule is CCO/C=C/c1ccc(Cl)nc1Cl.C[Si](C)(C)Cl.O=CCc1ccc(Cl)nc1Cl.[I-].[Na+]. The van der Waals surface area contributed by atoms with Crippen molar-refractivity contribution in [1.82, 2.24) is 9.97 Å². The second kappa shape index (κ2) is 20.3. The maximum atomic E-state index is 10.1. The molecular weight excluding hydrogens is 643 g/mol. The largest absolute Gasteiger partial charge is 1.00 e. The van der Waals surface area contributed by atoms with Gasteiger partial charge < -0.3 is 33.5 Å². The Morgan fingerprint density at radius 1 is 0.968 bits per heavy atom. The van der Waals surface area contributed by atoms with Crippen LogP contribution < -0.4 is 53.5 Å². The fourth-order valence-electron chi connectivity index (χ4n) is 1.45. The molecule has 0 unspecified atom stereocenters. The molecule has 0 aliphatic carbocycles. The molecule has 0 aliphatic heterocycles. The fraction of sp³-hybridized carbons (Fsp3) is 0.316. The van der Waals surface area contributed by atoms with Gasteiger partial charge in [-0.15, -0.1) is 0 Å². The van der Waals surface area contributed by atoms with E-state index in [0.717, 1.165) is 11.8 Å². The number of rotatable bonds is 5. The van der Waals surface area contributed by atoms with Crippen LogP contribution in [0, 0.1) is 0 Å². The molecule has 0 saturated carbocycles. The summed E-state index contributed by atoms with van der Waals surface area (Å²) >= 11 is 28.3. The quantitative estimate of drug-likeness (QED) is 0.122. The minimum Gasteiger partial charge on any atom is -1.00 e. The van der Waals surface area contributed by atoms with Crippen molar-refractivity contribution in [1.29, 1.82) is 0 Å². The minimum atomic E-state index is -1.14. The van der Waals surface area contributed by atoms with Crippen molar-refractivity contribution in [3.63, 3.8) is 0 Å².